The van der Waals surface area contributed by atoms with Gasteiger partial charge in [0.05, 0.1) is 0 Å². The lowest BCUT2D eigenvalue weighted by Crippen LogP contribution is -2.12. The summed E-state index contributed by atoms with van der Waals surface area (Å²) in [5, 5.41) is 2.66. The number of nitrogens with one attached hydrogen (secondary N) is 1. The Morgan fingerprint density at radius 2 is 2.00 bits per heavy atom. The first-order valence-electron chi connectivity index (χ1n) is 6.17. The van der Waals surface area contributed by atoms with Crippen LogP contribution in [0.1, 0.15) is 6.42 Å². The molecule has 0 heterocycles. The molecule has 0 aliphatic heterocycles. The molecule has 104 valence electrons. The summed E-state index contributed by atoms with van der Waals surface area (Å²) in [6.45, 7) is 0. The van der Waals surface area contributed by atoms with E-state index >= 15 is 0 Å². The van der Waals surface area contributed by atoms with Crippen molar-refractivity contribution in [3.63, 3.8) is 0 Å². The van der Waals surface area contributed by atoms with E-state index in [1.165, 1.54) is 12.1 Å². The molecule has 5 heteroatoms. The largest absolute Gasteiger partial charge is 0.399 e. The van der Waals surface area contributed by atoms with Crippen molar-refractivity contribution in [3.8, 4) is 0 Å². The Hall–Kier alpha value is -2.01. The molecule has 0 saturated carbocycles. The summed E-state index contributed by atoms with van der Waals surface area (Å²) in [5.41, 5.74) is 6.86. The number of anilines is 2. The first kappa shape index (κ1) is 14.4. The summed E-state index contributed by atoms with van der Waals surface area (Å²) >= 11 is 1.56. The summed E-state index contributed by atoms with van der Waals surface area (Å²) in [4.78, 5) is 12.7. The van der Waals surface area contributed by atoms with E-state index < -0.39 is 0 Å². The van der Waals surface area contributed by atoms with Crippen LogP contribution in [0, 0.1) is 5.82 Å². The van der Waals surface area contributed by atoms with Gasteiger partial charge in [-0.25, -0.2) is 4.39 Å². The minimum absolute atomic E-state index is 0.132. The SMILES string of the molecule is Nc1cccc(SCCC(=O)Nc2cccc(F)c2)c1. The lowest BCUT2D eigenvalue weighted by molar-refractivity contribution is -0.115. The Kier molecular flexibility index (Phi) is 5.01. The van der Waals surface area contributed by atoms with Gasteiger partial charge in [0.2, 0.25) is 5.91 Å². The molecule has 0 aliphatic rings. The Morgan fingerprint density at radius 1 is 1.20 bits per heavy atom. The van der Waals surface area contributed by atoms with Gasteiger partial charge in [0.25, 0.3) is 0 Å². The fourth-order valence-corrected chi connectivity index (χ4v) is 2.57. The Labute approximate surface area is 121 Å². The molecular formula is C15H15FN2OS. The molecule has 0 unspecified atom stereocenters. The molecule has 0 saturated heterocycles. The molecular weight excluding hydrogens is 275 g/mol. The van der Waals surface area contributed by atoms with Crippen molar-refractivity contribution in [2.45, 2.75) is 11.3 Å². The number of thioether (sulfide) groups is 1. The van der Waals surface area contributed by atoms with Gasteiger partial charge in [-0.1, -0.05) is 12.1 Å². The van der Waals surface area contributed by atoms with Gasteiger partial charge in [-0.15, -0.1) is 11.8 Å². The third-order valence-corrected chi connectivity index (χ3v) is 3.56. The summed E-state index contributed by atoms with van der Waals surface area (Å²) in [5.74, 6) is 0.147. The van der Waals surface area contributed by atoms with E-state index in [1.54, 1.807) is 23.9 Å². The highest BCUT2D eigenvalue weighted by Gasteiger charge is 2.04. The predicted molar refractivity (Wildman–Crippen MR) is 81.2 cm³/mol. The van der Waals surface area contributed by atoms with E-state index in [2.05, 4.69) is 5.32 Å². The van der Waals surface area contributed by atoms with Crippen LogP contribution in [-0.2, 0) is 4.79 Å². The van der Waals surface area contributed by atoms with Crippen LogP contribution in [0.2, 0.25) is 0 Å². The number of rotatable bonds is 5. The summed E-state index contributed by atoms with van der Waals surface area (Å²) in [6, 6.07) is 13.4. The molecule has 3 nitrogen and oxygen atoms in total. The van der Waals surface area contributed by atoms with Crippen molar-refractivity contribution < 1.29 is 9.18 Å². The molecule has 2 rings (SSSR count). The number of carbonyl (C=O) groups excluding carboxylic acids is 1. The summed E-state index contributed by atoms with van der Waals surface area (Å²) in [7, 11) is 0. The van der Waals surface area contributed by atoms with Crippen molar-refractivity contribution >= 4 is 29.0 Å². The van der Waals surface area contributed by atoms with E-state index in [9.17, 15) is 9.18 Å². The Bertz CT molecular complexity index is 604. The van der Waals surface area contributed by atoms with Crippen molar-refractivity contribution in [2.24, 2.45) is 0 Å². The van der Waals surface area contributed by atoms with Crippen LogP contribution in [0.15, 0.2) is 53.4 Å². The van der Waals surface area contributed by atoms with E-state index in [-0.39, 0.29) is 11.7 Å². The molecule has 2 aromatic rings. The third kappa shape index (κ3) is 4.59. The normalized spacial score (nSPS) is 10.2. The van der Waals surface area contributed by atoms with Gasteiger partial charge in [0.1, 0.15) is 5.82 Å². The number of carbonyl (C=O) groups is 1. The molecule has 0 atom stereocenters. The maximum Gasteiger partial charge on any atom is 0.225 e. The molecule has 0 radical (unpaired) electrons. The van der Waals surface area contributed by atoms with Crippen LogP contribution in [-0.4, -0.2) is 11.7 Å². The topological polar surface area (TPSA) is 55.1 Å². The zero-order valence-electron chi connectivity index (χ0n) is 10.8. The highest BCUT2D eigenvalue weighted by Crippen LogP contribution is 2.21. The molecule has 1 amide bonds. The first-order valence-corrected chi connectivity index (χ1v) is 7.16. The molecule has 2 aromatic carbocycles. The number of hydrogen-bond acceptors (Lipinski definition) is 3. The second-order valence-corrected chi connectivity index (χ2v) is 5.40. The average molecular weight is 290 g/mol. The lowest BCUT2D eigenvalue weighted by atomic mass is 10.3. The Morgan fingerprint density at radius 3 is 2.75 bits per heavy atom. The van der Waals surface area contributed by atoms with Gasteiger partial charge in [-0.05, 0) is 36.4 Å². The maximum atomic E-state index is 13.0. The van der Waals surface area contributed by atoms with Crippen molar-refractivity contribution in [1.82, 2.24) is 0 Å². The minimum atomic E-state index is -0.364. The van der Waals surface area contributed by atoms with Gasteiger partial charge in [0, 0.05) is 28.4 Å². The second kappa shape index (κ2) is 6.96. The molecule has 0 fully saturated rings. The quantitative estimate of drug-likeness (QED) is 0.654. The number of benzene rings is 2. The number of nitrogens with two attached hydrogens (primary N) is 1. The van der Waals surface area contributed by atoms with Crippen LogP contribution in [0.4, 0.5) is 15.8 Å². The highest BCUT2D eigenvalue weighted by atomic mass is 32.2. The van der Waals surface area contributed by atoms with Crippen LogP contribution in [0.5, 0.6) is 0 Å². The monoisotopic (exact) mass is 290 g/mol. The molecule has 3 N–H and O–H groups in total. The number of amides is 1. The fraction of sp³-hybridized carbons (Fsp3) is 0.133. The zero-order chi connectivity index (χ0) is 14.4. The number of nitrogen functional groups attached to an aromatic ring is 1. The van der Waals surface area contributed by atoms with E-state index in [0.29, 0.717) is 23.5 Å². The summed E-state index contributed by atoms with van der Waals surface area (Å²) in [6.07, 6.45) is 0.357. The number of halogens is 1. The van der Waals surface area contributed by atoms with Crippen LogP contribution >= 0.6 is 11.8 Å². The zero-order valence-corrected chi connectivity index (χ0v) is 11.6. The molecule has 0 spiro atoms. The van der Waals surface area contributed by atoms with Crippen LogP contribution in [0.25, 0.3) is 0 Å². The summed E-state index contributed by atoms with van der Waals surface area (Å²) < 4.78 is 13.0. The molecule has 0 aromatic heterocycles. The van der Waals surface area contributed by atoms with E-state index in [1.807, 2.05) is 24.3 Å². The third-order valence-electron chi connectivity index (χ3n) is 2.56. The van der Waals surface area contributed by atoms with Crippen molar-refractivity contribution in [3.05, 3.63) is 54.3 Å². The van der Waals surface area contributed by atoms with E-state index in [4.69, 9.17) is 5.73 Å². The predicted octanol–water partition coefficient (Wildman–Crippen LogP) is 3.53. The fourth-order valence-electron chi connectivity index (χ4n) is 1.66. The van der Waals surface area contributed by atoms with Gasteiger partial charge in [0.15, 0.2) is 0 Å². The van der Waals surface area contributed by atoms with Crippen LogP contribution < -0.4 is 11.1 Å². The van der Waals surface area contributed by atoms with Gasteiger partial charge in [-0.2, -0.15) is 0 Å². The Balaban J connectivity index is 1.78. The van der Waals surface area contributed by atoms with Crippen molar-refractivity contribution in [1.29, 1.82) is 0 Å². The lowest BCUT2D eigenvalue weighted by Gasteiger charge is -2.05. The van der Waals surface area contributed by atoms with E-state index in [0.717, 1.165) is 4.90 Å². The molecule has 0 bridgehead atoms. The first-order chi connectivity index (χ1) is 9.63. The molecule has 20 heavy (non-hydrogen) atoms. The maximum absolute atomic E-state index is 13.0. The average Bonchev–Trinajstić information content (AvgIpc) is 2.38. The minimum Gasteiger partial charge on any atom is -0.399 e. The van der Waals surface area contributed by atoms with Gasteiger partial charge in [-0.3, -0.25) is 4.79 Å². The standard InChI is InChI=1S/C15H15FN2OS/c16-11-3-1-5-13(9-11)18-15(19)7-8-20-14-6-2-4-12(17)10-14/h1-6,9-10H,7-8,17H2,(H,18,19). The second-order valence-electron chi connectivity index (χ2n) is 4.23. The van der Waals surface area contributed by atoms with Crippen LogP contribution in [0.3, 0.4) is 0 Å². The van der Waals surface area contributed by atoms with Gasteiger partial charge >= 0.3 is 0 Å². The number of hydrogen-bond donors (Lipinski definition) is 2. The smallest absolute Gasteiger partial charge is 0.225 e. The van der Waals surface area contributed by atoms with Gasteiger partial charge < -0.3 is 11.1 Å². The molecule has 0 aliphatic carbocycles. The highest BCUT2D eigenvalue weighted by molar-refractivity contribution is 7.99. The van der Waals surface area contributed by atoms with Crippen molar-refractivity contribution in [2.75, 3.05) is 16.8 Å².